The Morgan fingerprint density at radius 2 is 2.04 bits per heavy atom. The molecule has 0 unspecified atom stereocenters. The van der Waals surface area contributed by atoms with Gasteiger partial charge in [0, 0.05) is 41.7 Å². The molecule has 142 valence electrons. The number of hydrogen-bond acceptors (Lipinski definition) is 4. The van der Waals surface area contributed by atoms with Crippen LogP contribution in [0.25, 0.3) is 0 Å². The van der Waals surface area contributed by atoms with Crippen molar-refractivity contribution in [1.29, 1.82) is 0 Å². The average molecular weight is 395 g/mol. The lowest BCUT2D eigenvalue weighted by molar-refractivity contribution is -0.117. The van der Waals surface area contributed by atoms with E-state index in [0.717, 1.165) is 22.5 Å². The second-order valence-electron chi connectivity index (χ2n) is 6.59. The summed E-state index contributed by atoms with van der Waals surface area (Å²) in [6.07, 6.45) is 3.72. The Morgan fingerprint density at radius 1 is 1.21 bits per heavy atom. The lowest BCUT2D eigenvalue weighted by Crippen LogP contribution is -2.24. The molecule has 2 aromatic carbocycles. The van der Waals surface area contributed by atoms with E-state index in [1.54, 1.807) is 41.4 Å². The van der Waals surface area contributed by atoms with Gasteiger partial charge in [0.15, 0.2) is 5.13 Å². The number of carbonyl (C=O) groups excluding carboxylic acids is 2. The van der Waals surface area contributed by atoms with Crippen LogP contribution < -0.4 is 10.2 Å². The fraction of sp³-hybridized carbons (Fsp3) is 0.190. The summed E-state index contributed by atoms with van der Waals surface area (Å²) in [6.45, 7) is 0.684. The molecular weight excluding hydrogens is 377 g/mol. The fourth-order valence-corrected chi connectivity index (χ4v) is 4.00. The maximum Gasteiger partial charge on any atom is 0.257 e. The van der Waals surface area contributed by atoms with Crippen molar-refractivity contribution in [3.05, 3.63) is 76.5 Å². The topological polar surface area (TPSA) is 62.3 Å². The standard InChI is InChI=1S/C21H18FN3O2S/c22-16-8-6-14(7-9-16)11-18-13-23-21(28-18)24-20(27)15-3-1-4-17(12-15)25-10-2-5-19(25)26/h1,3-4,6-9,12-13H,2,5,10-11H2,(H,23,24,27). The smallest absolute Gasteiger partial charge is 0.257 e. The molecule has 0 saturated carbocycles. The maximum atomic E-state index is 13.0. The van der Waals surface area contributed by atoms with Crippen LogP contribution in [-0.2, 0) is 11.2 Å². The van der Waals surface area contributed by atoms with Crippen molar-refractivity contribution in [3.8, 4) is 0 Å². The van der Waals surface area contributed by atoms with Gasteiger partial charge in [-0.2, -0.15) is 0 Å². The number of nitrogens with zero attached hydrogens (tertiary/aromatic N) is 2. The molecule has 5 nitrogen and oxygen atoms in total. The summed E-state index contributed by atoms with van der Waals surface area (Å²) in [4.78, 5) is 31.4. The van der Waals surface area contributed by atoms with E-state index in [-0.39, 0.29) is 17.6 Å². The van der Waals surface area contributed by atoms with Gasteiger partial charge in [-0.3, -0.25) is 14.9 Å². The maximum absolute atomic E-state index is 13.0. The van der Waals surface area contributed by atoms with Crippen molar-refractivity contribution in [2.45, 2.75) is 19.3 Å². The molecular formula is C21H18FN3O2S. The highest BCUT2D eigenvalue weighted by Gasteiger charge is 2.22. The van der Waals surface area contributed by atoms with Crippen LogP contribution in [0.5, 0.6) is 0 Å². The third kappa shape index (κ3) is 4.09. The number of hydrogen-bond donors (Lipinski definition) is 1. The van der Waals surface area contributed by atoms with Gasteiger partial charge < -0.3 is 4.90 Å². The summed E-state index contributed by atoms with van der Waals surface area (Å²) in [6, 6.07) is 13.4. The van der Waals surface area contributed by atoms with Crippen molar-refractivity contribution >= 4 is 34.0 Å². The summed E-state index contributed by atoms with van der Waals surface area (Å²) in [5.41, 5.74) is 2.20. The molecule has 1 aromatic heterocycles. The molecule has 2 amide bonds. The van der Waals surface area contributed by atoms with Crippen molar-refractivity contribution in [1.82, 2.24) is 4.98 Å². The Balaban J connectivity index is 1.43. The highest BCUT2D eigenvalue weighted by atomic mass is 32.1. The molecule has 0 radical (unpaired) electrons. The third-order valence-corrected chi connectivity index (χ3v) is 5.47. The molecule has 3 aromatic rings. The quantitative estimate of drug-likeness (QED) is 0.702. The van der Waals surface area contributed by atoms with E-state index in [0.29, 0.717) is 30.1 Å². The van der Waals surface area contributed by atoms with Crippen LogP contribution >= 0.6 is 11.3 Å². The van der Waals surface area contributed by atoms with Gasteiger partial charge in [0.1, 0.15) is 5.82 Å². The Kier molecular flexibility index (Phi) is 5.16. The first-order chi connectivity index (χ1) is 13.6. The molecule has 1 saturated heterocycles. The van der Waals surface area contributed by atoms with Crippen LogP contribution in [-0.4, -0.2) is 23.3 Å². The first-order valence-corrected chi connectivity index (χ1v) is 9.81. The second kappa shape index (κ2) is 7.90. The first kappa shape index (κ1) is 18.3. The molecule has 0 atom stereocenters. The van der Waals surface area contributed by atoms with Gasteiger partial charge in [-0.1, -0.05) is 18.2 Å². The van der Waals surface area contributed by atoms with E-state index in [1.807, 2.05) is 6.07 Å². The van der Waals surface area contributed by atoms with E-state index in [1.165, 1.54) is 23.5 Å². The minimum absolute atomic E-state index is 0.0860. The highest BCUT2D eigenvalue weighted by molar-refractivity contribution is 7.15. The predicted molar refractivity (Wildman–Crippen MR) is 107 cm³/mol. The summed E-state index contributed by atoms with van der Waals surface area (Å²) >= 11 is 1.38. The molecule has 1 fully saturated rings. The van der Waals surface area contributed by atoms with E-state index in [9.17, 15) is 14.0 Å². The lowest BCUT2D eigenvalue weighted by atomic mass is 10.1. The van der Waals surface area contributed by atoms with Gasteiger partial charge in [0.05, 0.1) is 0 Å². The third-order valence-electron chi connectivity index (χ3n) is 4.56. The van der Waals surface area contributed by atoms with Crippen molar-refractivity contribution in [2.24, 2.45) is 0 Å². The predicted octanol–water partition coefficient (Wildman–Crippen LogP) is 4.25. The molecule has 28 heavy (non-hydrogen) atoms. The number of rotatable bonds is 5. The molecule has 2 heterocycles. The number of benzene rings is 2. The highest BCUT2D eigenvalue weighted by Crippen LogP contribution is 2.24. The number of carbonyl (C=O) groups is 2. The van der Waals surface area contributed by atoms with Crippen LogP contribution in [0.1, 0.15) is 33.6 Å². The minimum atomic E-state index is -0.267. The van der Waals surface area contributed by atoms with E-state index in [4.69, 9.17) is 0 Å². The molecule has 4 rings (SSSR count). The van der Waals surface area contributed by atoms with Gasteiger partial charge in [-0.15, -0.1) is 11.3 Å². The normalized spacial score (nSPS) is 13.8. The summed E-state index contributed by atoms with van der Waals surface area (Å²) in [5.74, 6) is -0.446. The van der Waals surface area contributed by atoms with Crippen molar-refractivity contribution in [3.63, 3.8) is 0 Å². The number of halogens is 1. The van der Waals surface area contributed by atoms with E-state index >= 15 is 0 Å². The summed E-state index contributed by atoms with van der Waals surface area (Å²) in [7, 11) is 0. The Bertz CT molecular complexity index is 1020. The lowest BCUT2D eigenvalue weighted by Gasteiger charge is -2.16. The zero-order valence-corrected chi connectivity index (χ0v) is 15.8. The number of anilines is 2. The number of thiazole rings is 1. The van der Waals surface area contributed by atoms with Gasteiger partial charge >= 0.3 is 0 Å². The Morgan fingerprint density at radius 3 is 2.79 bits per heavy atom. The van der Waals surface area contributed by atoms with Crippen LogP contribution in [0, 0.1) is 5.82 Å². The minimum Gasteiger partial charge on any atom is -0.312 e. The number of nitrogens with one attached hydrogen (secondary N) is 1. The molecule has 7 heteroatoms. The summed E-state index contributed by atoms with van der Waals surface area (Å²) < 4.78 is 13.0. The molecule has 0 bridgehead atoms. The van der Waals surface area contributed by atoms with E-state index in [2.05, 4.69) is 10.3 Å². The van der Waals surface area contributed by atoms with E-state index < -0.39 is 0 Å². The monoisotopic (exact) mass is 395 g/mol. The fourth-order valence-electron chi connectivity index (χ4n) is 3.16. The Labute approximate surface area is 165 Å². The van der Waals surface area contributed by atoms with Crippen LogP contribution in [0.3, 0.4) is 0 Å². The largest absolute Gasteiger partial charge is 0.312 e. The summed E-state index contributed by atoms with van der Waals surface area (Å²) in [5, 5.41) is 3.31. The van der Waals surface area contributed by atoms with Crippen LogP contribution in [0.2, 0.25) is 0 Å². The number of amides is 2. The van der Waals surface area contributed by atoms with Gasteiger partial charge in [0.2, 0.25) is 5.91 Å². The molecule has 0 spiro atoms. The first-order valence-electron chi connectivity index (χ1n) is 8.99. The van der Waals surface area contributed by atoms with Crippen molar-refractivity contribution < 1.29 is 14.0 Å². The Hall–Kier alpha value is -3.06. The molecule has 1 aliphatic rings. The zero-order valence-electron chi connectivity index (χ0n) is 15.0. The van der Waals surface area contributed by atoms with Gasteiger partial charge in [-0.05, 0) is 42.3 Å². The number of aromatic nitrogens is 1. The van der Waals surface area contributed by atoms with Gasteiger partial charge in [-0.25, -0.2) is 9.37 Å². The van der Waals surface area contributed by atoms with Crippen molar-refractivity contribution in [2.75, 3.05) is 16.8 Å². The van der Waals surface area contributed by atoms with Gasteiger partial charge in [0.25, 0.3) is 5.91 Å². The zero-order chi connectivity index (χ0) is 19.5. The SMILES string of the molecule is O=C(Nc1ncc(Cc2ccc(F)cc2)s1)c1cccc(N2CCCC2=O)c1. The average Bonchev–Trinajstić information content (AvgIpc) is 3.32. The van der Waals surface area contributed by atoms with Crippen LogP contribution in [0.4, 0.5) is 15.2 Å². The second-order valence-corrected chi connectivity index (χ2v) is 7.70. The molecule has 1 N–H and O–H groups in total. The van der Waals surface area contributed by atoms with Crippen LogP contribution in [0.15, 0.2) is 54.7 Å². The molecule has 1 aliphatic heterocycles. The molecule has 0 aliphatic carbocycles.